The van der Waals surface area contributed by atoms with Crippen LogP contribution in [-0.2, 0) is 4.79 Å². The van der Waals surface area contributed by atoms with Gasteiger partial charge in [-0.15, -0.1) is 0 Å². The molecule has 5 heteroatoms. The molecule has 0 aromatic heterocycles. The van der Waals surface area contributed by atoms with Gasteiger partial charge in [-0.25, -0.2) is 0 Å². The third-order valence-corrected chi connectivity index (χ3v) is 3.78. The molecule has 1 aromatic carbocycles. The van der Waals surface area contributed by atoms with Gasteiger partial charge in [-0.05, 0) is 12.1 Å². The molecule has 2 rings (SSSR count). The first-order chi connectivity index (χ1) is 9.65. The summed E-state index contributed by atoms with van der Waals surface area (Å²) < 4.78 is 5.25. The van der Waals surface area contributed by atoms with Crippen LogP contribution >= 0.6 is 0 Å². The maximum absolute atomic E-state index is 12.1. The molecule has 5 nitrogen and oxygen atoms in total. The molecule has 0 saturated carbocycles. The fourth-order valence-electron chi connectivity index (χ4n) is 2.40. The lowest BCUT2D eigenvalue weighted by Gasteiger charge is -2.37. The van der Waals surface area contributed by atoms with Gasteiger partial charge in [0, 0.05) is 50.4 Å². The van der Waals surface area contributed by atoms with Crippen molar-refractivity contribution in [1.29, 1.82) is 0 Å². The van der Waals surface area contributed by atoms with Gasteiger partial charge in [0.15, 0.2) is 0 Å². The standard InChI is InChI=1S/C15H23N3O2/c1-12(11-16)15(19)18-8-6-17(7-9-18)13-4-3-5-14(10-13)20-2/h3-5,10,12H,6-9,11,16H2,1-2H3. The lowest BCUT2D eigenvalue weighted by Crippen LogP contribution is -2.50. The third kappa shape index (κ3) is 3.22. The van der Waals surface area contributed by atoms with E-state index in [1.165, 1.54) is 0 Å². The molecule has 1 atom stereocenters. The molecule has 1 aliphatic rings. The quantitative estimate of drug-likeness (QED) is 0.890. The van der Waals surface area contributed by atoms with Gasteiger partial charge in [0.2, 0.25) is 5.91 Å². The van der Waals surface area contributed by atoms with Gasteiger partial charge in [-0.3, -0.25) is 4.79 Å². The first kappa shape index (κ1) is 14.7. The van der Waals surface area contributed by atoms with Crippen LogP contribution in [0, 0.1) is 5.92 Å². The van der Waals surface area contributed by atoms with Crippen LogP contribution in [0.15, 0.2) is 24.3 Å². The van der Waals surface area contributed by atoms with Crippen LogP contribution in [0.4, 0.5) is 5.69 Å². The summed E-state index contributed by atoms with van der Waals surface area (Å²) in [5.74, 6) is 0.939. The number of anilines is 1. The van der Waals surface area contributed by atoms with Gasteiger partial charge in [-0.2, -0.15) is 0 Å². The second-order valence-electron chi connectivity index (χ2n) is 5.15. The van der Waals surface area contributed by atoms with E-state index in [4.69, 9.17) is 10.5 Å². The smallest absolute Gasteiger partial charge is 0.226 e. The average molecular weight is 277 g/mol. The zero-order valence-electron chi connectivity index (χ0n) is 12.2. The molecule has 1 unspecified atom stereocenters. The zero-order valence-corrected chi connectivity index (χ0v) is 12.2. The van der Waals surface area contributed by atoms with Crippen LogP contribution in [0.25, 0.3) is 0 Å². The fraction of sp³-hybridized carbons (Fsp3) is 0.533. The Bertz CT molecular complexity index is 456. The summed E-state index contributed by atoms with van der Waals surface area (Å²) in [7, 11) is 1.67. The Morgan fingerprint density at radius 1 is 1.35 bits per heavy atom. The van der Waals surface area contributed by atoms with E-state index in [2.05, 4.69) is 11.0 Å². The molecule has 20 heavy (non-hydrogen) atoms. The molecule has 1 fully saturated rings. The minimum absolute atomic E-state index is 0.0848. The van der Waals surface area contributed by atoms with Gasteiger partial charge < -0.3 is 20.3 Å². The number of rotatable bonds is 4. The van der Waals surface area contributed by atoms with Crippen molar-refractivity contribution in [2.75, 3.05) is 44.7 Å². The van der Waals surface area contributed by atoms with E-state index in [1.807, 2.05) is 30.0 Å². The van der Waals surface area contributed by atoms with E-state index >= 15 is 0 Å². The monoisotopic (exact) mass is 277 g/mol. The van der Waals surface area contributed by atoms with Crippen molar-refractivity contribution in [3.63, 3.8) is 0 Å². The zero-order chi connectivity index (χ0) is 14.5. The first-order valence-electron chi connectivity index (χ1n) is 7.03. The Morgan fingerprint density at radius 2 is 2.05 bits per heavy atom. The second kappa shape index (κ2) is 6.61. The number of piperazine rings is 1. The summed E-state index contributed by atoms with van der Waals surface area (Å²) in [4.78, 5) is 16.3. The number of benzene rings is 1. The van der Waals surface area contributed by atoms with Crippen molar-refractivity contribution >= 4 is 11.6 Å². The van der Waals surface area contributed by atoms with Crippen molar-refractivity contribution in [1.82, 2.24) is 4.90 Å². The molecule has 0 aliphatic carbocycles. The van der Waals surface area contributed by atoms with E-state index in [0.717, 1.165) is 37.6 Å². The highest BCUT2D eigenvalue weighted by molar-refractivity contribution is 5.79. The molecule has 0 spiro atoms. The predicted octanol–water partition coefficient (Wildman–Crippen LogP) is 0.939. The van der Waals surface area contributed by atoms with E-state index in [0.29, 0.717) is 6.54 Å². The summed E-state index contributed by atoms with van der Waals surface area (Å²) >= 11 is 0. The Morgan fingerprint density at radius 3 is 2.65 bits per heavy atom. The molecule has 0 radical (unpaired) electrons. The Hall–Kier alpha value is -1.75. The lowest BCUT2D eigenvalue weighted by atomic mass is 10.1. The highest BCUT2D eigenvalue weighted by atomic mass is 16.5. The number of hydrogen-bond donors (Lipinski definition) is 1. The molecule has 2 N–H and O–H groups in total. The van der Waals surface area contributed by atoms with Crippen molar-refractivity contribution < 1.29 is 9.53 Å². The van der Waals surface area contributed by atoms with E-state index in [-0.39, 0.29) is 11.8 Å². The van der Waals surface area contributed by atoms with Crippen LogP contribution in [0.5, 0.6) is 5.75 Å². The molecule has 1 aliphatic heterocycles. The highest BCUT2D eigenvalue weighted by Crippen LogP contribution is 2.22. The molecule has 1 amide bonds. The molecule has 110 valence electrons. The summed E-state index contributed by atoms with van der Waals surface area (Å²) in [6.45, 7) is 5.48. The second-order valence-corrected chi connectivity index (χ2v) is 5.15. The largest absolute Gasteiger partial charge is 0.497 e. The lowest BCUT2D eigenvalue weighted by molar-refractivity contribution is -0.134. The highest BCUT2D eigenvalue weighted by Gasteiger charge is 2.24. The number of nitrogens with zero attached hydrogens (tertiary/aromatic N) is 2. The van der Waals surface area contributed by atoms with E-state index in [1.54, 1.807) is 7.11 Å². The first-order valence-corrected chi connectivity index (χ1v) is 7.03. The molecule has 1 saturated heterocycles. The minimum atomic E-state index is -0.0848. The summed E-state index contributed by atoms with van der Waals surface area (Å²) in [6, 6.07) is 8.02. The third-order valence-electron chi connectivity index (χ3n) is 3.78. The number of hydrogen-bond acceptors (Lipinski definition) is 4. The van der Waals surface area contributed by atoms with Crippen LogP contribution in [0.1, 0.15) is 6.92 Å². The van der Waals surface area contributed by atoms with Crippen molar-refractivity contribution in [2.24, 2.45) is 11.7 Å². The van der Waals surface area contributed by atoms with Gasteiger partial charge in [0.25, 0.3) is 0 Å². The number of carbonyl (C=O) groups excluding carboxylic acids is 1. The minimum Gasteiger partial charge on any atom is -0.497 e. The number of amides is 1. The number of methoxy groups -OCH3 is 1. The Balaban J connectivity index is 1.95. The molecule has 0 bridgehead atoms. The Labute approximate surface area is 120 Å². The van der Waals surface area contributed by atoms with E-state index in [9.17, 15) is 4.79 Å². The van der Waals surface area contributed by atoms with Crippen LogP contribution in [0.2, 0.25) is 0 Å². The van der Waals surface area contributed by atoms with Crippen LogP contribution in [0.3, 0.4) is 0 Å². The van der Waals surface area contributed by atoms with Crippen molar-refractivity contribution in [3.05, 3.63) is 24.3 Å². The summed E-state index contributed by atoms with van der Waals surface area (Å²) in [5.41, 5.74) is 6.70. The number of ether oxygens (including phenoxy) is 1. The number of carbonyl (C=O) groups is 1. The van der Waals surface area contributed by atoms with Gasteiger partial charge in [-0.1, -0.05) is 13.0 Å². The van der Waals surface area contributed by atoms with Gasteiger partial charge >= 0.3 is 0 Å². The van der Waals surface area contributed by atoms with Crippen molar-refractivity contribution in [2.45, 2.75) is 6.92 Å². The molecule has 1 heterocycles. The SMILES string of the molecule is COc1cccc(N2CCN(C(=O)C(C)CN)CC2)c1. The molecule has 1 aromatic rings. The van der Waals surface area contributed by atoms with Crippen molar-refractivity contribution in [3.8, 4) is 5.75 Å². The fourth-order valence-corrected chi connectivity index (χ4v) is 2.40. The van der Waals surface area contributed by atoms with Crippen LogP contribution in [-0.4, -0.2) is 50.6 Å². The maximum Gasteiger partial charge on any atom is 0.226 e. The normalized spacial score (nSPS) is 16.9. The topological polar surface area (TPSA) is 58.8 Å². The predicted molar refractivity (Wildman–Crippen MR) is 80.0 cm³/mol. The number of nitrogens with two attached hydrogens (primary N) is 1. The summed E-state index contributed by atoms with van der Waals surface area (Å²) in [6.07, 6.45) is 0. The van der Waals surface area contributed by atoms with Gasteiger partial charge in [0.05, 0.1) is 7.11 Å². The van der Waals surface area contributed by atoms with E-state index < -0.39 is 0 Å². The summed E-state index contributed by atoms with van der Waals surface area (Å²) in [5, 5.41) is 0. The average Bonchev–Trinajstić information content (AvgIpc) is 2.53. The Kier molecular flexibility index (Phi) is 4.84. The maximum atomic E-state index is 12.1. The van der Waals surface area contributed by atoms with Gasteiger partial charge in [0.1, 0.15) is 5.75 Å². The molecular formula is C15H23N3O2. The van der Waals surface area contributed by atoms with Crippen LogP contribution < -0.4 is 15.4 Å². The molecular weight excluding hydrogens is 254 g/mol.